The van der Waals surface area contributed by atoms with E-state index in [1.54, 1.807) is 18.2 Å². The van der Waals surface area contributed by atoms with Gasteiger partial charge >= 0.3 is 0 Å². The van der Waals surface area contributed by atoms with Crippen LogP contribution in [0.4, 0.5) is 0 Å². The predicted octanol–water partition coefficient (Wildman–Crippen LogP) is 3.65. The number of carbonyl (C=O) groups is 3. The highest BCUT2D eigenvalue weighted by Gasteiger charge is 2.41. The maximum absolute atomic E-state index is 13.7. The van der Waals surface area contributed by atoms with Crippen LogP contribution in [0.15, 0.2) is 48.5 Å². The molecule has 2 aromatic rings. The number of carbonyl (C=O) groups excluding carboxylic acids is 3. The Morgan fingerprint density at radius 1 is 0.950 bits per heavy atom. The highest BCUT2D eigenvalue weighted by atomic mass is 35.5. The third kappa shape index (κ3) is 7.75. The molecule has 0 spiro atoms. The van der Waals surface area contributed by atoms with E-state index < -0.39 is 6.04 Å². The zero-order valence-electron chi connectivity index (χ0n) is 22.8. The summed E-state index contributed by atoms with van der Waals surface area (Å²) in [6, 6.07) is 13.7. The molecule has 0 bridgehead atoms. The van der Waals surface area contributed by atoms with E-state index >= 15 is 0 Å². The third-order valence-electron chi connectivity index (χ3n) is 8.10. The van der Waals surface area contributed by atoms with E-state index in [1.807, 2.05) is 35.2 Å². The maximum Gasteiger partial charge on any atom is 0.251 e. The molecule has 10 heteroatoms. The highest BCUT2D eigenvalue weighted by Crippen LogP contribution is 2.34. The van der Waals surface area contributed by atoms with E-state index in [2.05, 4.69) is 15.5 Å². The Labute approximate surface area is 246 Å². The molecule has 1 unspecified atom stereocenters. The van der Waals surface area contributed by atoms with Gasteiger partial charge in [0.1, 0.15) is 6.04 Å². The molecular formula is C30H39Cl2N5O3. The topological polar surface area (TPSA) is 108 Å². The first-order valence-electron chi connectivity index (χ1n) is 14.1. The quantitative estimate of drug-likeness (QED) is 0.393. The molecule has 8 nitrogen and oxygen atoms in total. The molecule has 2 fully saturated rings. The Balaban J connectivity index is 1.42. The number of piperazine rings is 1. The van der Waals surface area contributed by atoms with Crippen LogP contribution in [0.1, 0.15) is 54.4 Å². The van der Waals surface area contributed by atoms with E-state index in [4.69, 9.17) is 28.9 Å². The van der Waals surface area contributed by atoms with Crippen LogP contribution in [0.3, 0.4) is 0 Å². The van der Waals surface area contributed by atoms with Crippen molar-refractivity contribution in [3.05, 3.63) is 69.7 Å². The van der Waals surface area contributed by atoms with Crippen LogP contribution in [0.5, 0.6) is 0 Å². The van der Waals surface area contributed by atoms with Crippen molar-refractivity contribution in [3.63, 3.8) is 0 Å². The van der Waals surface area contributed by atoms with Gasteiger partial charge in [0.15, 0.2) is 0 Å². The van der Waals surface area contributed by atoms with Gasteiger partial charge in [0.25, 0.3) is 5.91 Å². The predicted molar refractivity (Wildman–Crippen MR) is 159 cm³/mol. The zero-order chi connectivity index (χ0) is 28.5. The first-order valence-corrected chi connectivity index (χ1v) is 14.9. The van der Waals surface area contributed by atoms with Gasteiger partial charge < -0.3 is 21.3 Å². The number of benzene rings is 2. The summed E-state index contributed by atoms with van der Waals surface area (Å²) in [5.74, 6) is -0.456. The van der Waals surface area contributed by atoms with E-state index in [1.165, 1.54) is 6.42 Å². The summed E-state index contributed by atoms with van der Waals surface area (Å²) in [5, 5.41) is 7.03. The van der Waals surface area contributed by atoms with E-state index in [9.17, 15) is 14.4 Å². The Kier molecular flexibility index (Phi) is 10.8. The Morgan fingerprint density at radius 3 is 2.30 bits per heavy atom. The number of halogens is 2. The van der Waals surface area contributed by atoms with Gasteiger partial charge in [-0.1, -0.05) is 66.7 Å². The number of rotatable bonds is 10. The fourth-order valence-corrected chi connectivity index (χ4v) is 6.36. The van der Waals surface area contributed by atoms with Crippen molar-refractivity contribution in [3.8, 4) is 0 Å². The fourth-order valence-electron chi connectivity index (χ4n) is 5.88. The second-order valence-corrected chi connectivity index (χ2v) is 11.6. The minimum Gasteiger partial charge on any atom is -0.350 e. The summed E-state index contributed by atoms with van der Waals surface area (Å²) >= 11 is 12.4. The van der Waals surface area contributed by atoms with Crippen molar-refractivity contribution in [2.45, 2.75) is 56.5 Å². The van der Waals surface area contributed by atoms with Crippen molar-refractivity contribution < 1.29 is 14.4 Å². The van der Waals surface area contributed by atoms with Crippen LogP contribution in [0, 0.1) is 0 Å². The van der Waals surface area contributed by atoms with Gasteiger partial charge in [0.2, 0.25) is 11.8 Å². The summed E-state index contributed by atoms with van der Waals surface area (Å²) in [6.07, 6.45) is 5.88. The molecule has 1 aliphatic heterocycles. The first kappa shape index (κ1) is 30.3. The molecule has 1 saturated heterocycles. The molecule has 1 saturated carbocycles. The smallest absolute Gasteiger partial charge is 0.251 e. The van der Waals surface area contributed by atoms with E-state index in [0.717, 1.165) is 31.2 Å². The standard InChI is InChI=1S/C30H39Cl2N5O3/c31-24-10-9-23(25(32)20-24)19-26(35-27(38)11-14-33)29(40)36-15-17-37(18-16-36)30(12-5-2-6-13-30)21-34-28(39)22-7-3-1-4-8-22/h1,3-4,7-10,20,26H,2,5-6,11-19,21,33H2,(H,34,39)(H,35,38). The van der Waals surface area contributed by atoms with Crippen molar-refractivity contribution >= 4 is 40.9 Å². The maximum atomic E-state index is 13.7. The van der Waals surface area contributed by atoms with Crippen LogP contribution in [0.2, 0.25) is 10.0 Å². The second kappa shape index (κ2) is 14.3. The molecule has 4 rings (SSSR count). The summed E-state index contributed by atoms with van der Waals surface area (Å²) < 4.78 is 0. The molecule has 40 heavy (non-hydrogen) atoms. The van der Waals surface area contributed by atoms with E-state index in [-0.39, 0.29) is 42.6 Å². The van der Waals surface area contributed by atoms with Gasteiger partial charge in [0.05, 0.1) is 0 Å². The minimum atomic E-state index is -0.752. The number of hydrogen-bond donors (Lipinski definition) is 3. The molecule has 4 N–H and O–H groups in total. The van der Waals surface area contributed by atoms with Gasteiger partial charge in [-0.05, 0) is 42.7 Å². The molecule has 216 valence electrons. The zero-order valence-corrected chi connectivity index (χ0v) is 24.4. The summed E-state index contributed by atoms with van der Waals surface area (Å²) in [7, 11) is 0. The highest BCUT2D eigenvalue weighted by molar-refractivity contribution is 6.35. The molecule has 0 aromatic heterocycles. The molecule has 1 atom stereocenters. The number of amides is 3. The average Bonchev–Trinajstić information content (AvgIpc) is 2.97. The summed E-state index contributed by atoms with van der Waals surface area (Å²) in [5.41, 5.74) is 6.85. The third-order valence-corrected chi connectivity index (χ3v) is 8.69. The van der Waals surface area contributed by atoms with Gasteiger partial charge in [-0.3, -0.25) is 19.3 Å². The van der Waals surface area contributed by atoms with Crippen LogP contribution < -0.4 is 16.4 Å². The number of hydrogen-bond acceptors (Lipinski definition) is 5. The Morgan fingerprint density at radius 2 is 1.65 bits per heavy atom. The van der Waals surface area contributed by atoms with Crippen LogP contribution in [-0.4, -0.2) is 78.4 Å². The van der Waals surface area contributed by atoms with Gasteiger partial charge in [-0.25, -0.2) is 0 Å². The van der Waals surface area contributed by atoms with Crippen LogP contribution in [-0.2, 0) is 16.0 Å². The number of nitrogens with zero attached hydrogens (tertiary/aromatic N) is 2. The Hall–Kier alpha value is -2.65. The van der Waals surface area contributed by atoms with Crippen molar-refractivity contribution in [2.24, 2.45) is 5.73 Å². The SMILES string of the molecule is NCCC(=O)NC(Cc1ccc(Cl)cc1Cl)C(=O)N1CCN(C2(CNC(=O)c3ccccc3)CCCCC2)CC1. The Bertz CT molecular complexity index is 1170. The molecule has 1 heterocycles. The molecule has 3 amide bonds. The van der Waals surface area contributed by atoms with Crippen LogP contribution >= 0.6 is 23.2 Å². The lowest BCUT2D eigenvalue weighted by Crippen LogP contribution is -2.63. The van der Waals surface area contributed by atoms with Crippen molar-refractivity contribution in [1.29, 1.82) is 0 Å². The van der Waals surface area contributed by atoms with Crippen molar-refractivity contribution in [1.82, 2.24) is 20.4 Å². The lowest BCUT2D eigenvalue weighted by atomic mass is 9.79. The fraction of sp³-hybridized carbons (Fsp3) is 0.500. The van der Waals surface area contributed by atoms with Gasteiger partial charge in [-0.2, -0.15) is 0 Å². The number of nitrogens with two attached hydrogens (primary N) is 1. The van der Waals surface area contributed by atoms with Crippen molar-refractivity contribution in [2.75, 3.05) is 39.3 Å². The molecular weight excluding hydrogens is 549 g/mol. The second-order valence-electron chi connectivity index (χ2n) is 10.7. The van der Waals surface area contributed by atoms with Gasteiger partial charge in [0, 0.05) is 73.3 Å². The summed E-state index contributed by atoms with van der Waals surface area (Å²) in [4.78, 5) is 43.2. The summed E-state index contributed by atoms with van der Waals surface area (Å²) in [6.45, 7) is 3.30. The van der Waals surface area contributed by atoms with Crippen LogP contribution in [0.25, 0.3) is 0 Å². The first-order chi connectivity index (χ1) is 19.3. The normalized spacial score (nSPS) is 18.1. The van der Waals surface area contributed by atoms with E-state index in [0.29, 0.717) is 48.3 Å². The molecule has 1 aliphatic carbocycles. The minimum absolute atomic E-state index is 0.0590. The largest absolute Gasteiger partial charge is 0.350 e. The molecule has 2 aromatic carbocycles. The van der Waals surface area contributed by atoms with Gasteiger partial charge in [-0.15, -0.1) is 0 Å². The molecule has 2 aliphatic rings. The monoisotopic (exact) mass is 587 g/mol. The average molecular weight is 589 g/mol. The lowest BCUT2D eigenvalue weighted by molar-refractivity contribution is -0.139. The lowest BCUT2D eigenvalue weighted by Gasteiger charge is -2.50. The number of nitrogens with one attached hydrogen (secondary N) is 2. The molecule has 0 radical (unpaired) electrons.